The molecule has 0 saturated heterocycles. The second-order valence-corrected chi connectivity index (χ2v) is 4.92. The summed E-state index contributed by atoms with van der Waals surface area (Å²) in [4.78, 5) is 24.9. The first-order chi connectivity index (χ1) is 9.99. The molecule has 2 aromatic rings. The number of carbonyl (C=O) groups is 2. The Kier molecular flexibility index (Phi) is 4.38. The van der Waals surface area contributed by atoms with Crippen molar-refractivity contribution in [2.75, 3.05) is 11.4 Å². The summed E-state index contributed by atoms with van der Waals surface area (Å²) in [5, 5.41) is 9.05. The van der Waals surface area contributed by atoms with E-state index in [1.54, 1.807) is 36.4 Å². The third-order valence-electron chi connectivity index (χ3n) is 3.36. The standard InChI is InChI=1S/C17H17NO3/c1-12-8-9-14(10-13(12)2)17(21)18(11-16(19)20)15-6-4-3-5-7-15/h3-10H,11H2,1-2H3,(H,19,20). The number of anilines is 1. The monoisotopic (exact) mass is 283 g/mol. The Morgan fingerprint density at radius 3 is 2.24 bits per heavy atom. The second-order valence-electron chi connectivity index (χ2n) is 4.92. The van der Waals surface area contributed by atoms with Crippen LogP contribution in [-0.2, 0) is 4.79 Å². The molecule has 0 saturated carbocycles. The summed E-state index contributed by atoms with van der Waals surface area (Å²) < 4.78 is 0. The molecular weight excluding hydrogens is 266 g/mol. The molecule has 0 aliphatic rings. The minimum absolute atomic E-state index is 0.313. The zero-order chi connectivity index (χ0) is 15.4. The number of para-hydroxylation sites is 1. The fraction of sp³-hybridized carbons (Fsp3) is 0.176. The van der Waals surface area contributed by atoms with E-state index in [0.717, 1.165) is 11.1 Å². The van der Waals surface area contributed by atoms with Gasteiger partial charge in [0.15, 0.2) is 0 Å². The fourth-order valence-electron chi connectivity index (χ4n) is 2.05. The van der Waals surface area contributed by atoms with E-state index in [-0.39, 0.29) is 12.5 Å². The van der Waals surface area contributed by atoms with Gasteiger partial charge in [-0.3, -0.25) is 14.5 Å². The van der Waals surface area contributed by atoms with Gasteiger partial charge in [0.05, 0.1) is 0 Å². The lowest BCUT2D eigenvalue weighted by Gasteiger charge is -2.21. The Morgan fingerprint density at radius 1 is 1.00 bits per heavy atom. The molecule has 4 heteroatoms. The molecule has 0 aromatic heterocycles. The highest BCUT2D eigenvalue weighted by Crippen LogP contribution is 2.18. The van der Waals surface area contributed by atoms with E-state index in [1.165, 1.54) is 4.90 Å². The summed E-state index contributed by atoms with van der Waals surface area (Å²) in [5.41, 5.74) is 3.16. The normalized spacial score (nSPS) is 10.2. The summed E-state index contributed by atoms with van der Waals surface area (Å²) in [6.07, 6.45) is 0. The number of hydrogen-bond donors (Lipinski definition) is 1. The average molecular weight is 283 g/mol. The Bertz CT molecular complexity index is 665. The van der Waals surface area contributed by atoms with Gasteiger partial charge in [-0.25, -0.2) is 0 Å². The Morgan fingerprint density at radius 2 is 1.67 bits per heavy atom. The average Bonchev–Trinajstić information content (AvgIpc) is 2.47. The van der Waals surface area contributed by atoms with Crippen molar-refractivity contribution < 1.29 is 14.7 Å². The first-order valence-electron chi connectivity index (χ1n) is 6.65. The number of benzene rings is 2. The molecule has 2 rings (SSSR count). The number of amides is 1. The van der Waals surface area contributed by atoms with Crippen molar-refractivity contribution in [1.29, 1.82) is 0 Å². The Labute approximate surface area is 123 Å². The molecule has 1 amide bonds. The van der Waals surface area contributed by atoms with Crippen LogP contribution in [-0.4, -0.2) is 23.5 Å². The van der Waals surface area contributed by atoms with Gasteiger partial charge in [0.2, 0.25) is 0 Å². The lowest BCUT2D eigenvalue weighted by atomic mass is 10.1. The number of nitrogens with zero attached hydrogens (tertiary/aromatic N) is 1. The predicted molar refractivity (Wildman–Crippen MR) is 81.7 cm³/mol. The first kappa shape index (κ1) is 14.8. The van der Waals surface area contributed by atoms with Crippen molar-refractivity contribution in [3.8, 4) is 0 Å². The number of aryl methyl sites for hydroxylation is 2. The minimum atomic E-state index is -1.05. The van der Waals surface area contributed by atoms with Crippen LogP contribution in [0.5, 0.6) is 0 Å². The molecule has 0 radical (unpaired) electrons. The number of rotatable bonds is 4. The van der Waals surface area contributed by atoms with Crippen molar-refractivity contribution in [3.63, 3.8) is 0 Å². The molecule has 0 fully saturated rings. The van der Waals surface area contributed by atoms with Crippen LogP contribution in [0, 0.1) is 13.8 Å². The van der Waals surface area contributed by atoms with Gasteiger partial charge in [-0.1, -0.05) is 24.3 Å². The molecule has 4 nitrogen and oxygen atoms in total. The van der Waals surface area contributed by atoms with E-state index in [4.69, 9.17) is 5.11 Å². The molecule has 0 atom stereocenters. The molecule has 0 bridgehead atoms. The van der Waals surface area contributed by atoms with Crippen LogP contribution >= 0.6 is 0 Å². The number of carboxylic acids is 1. The Balaban J connectivity index is 2.38. The topological polar surface area (TPSA) is 57.6 Å². The molecule has 1 N–H and O–H groups in total. The molecule has 21 heavy (non-hydrogen) atoms. The SMILES string of the molecule is Cc1ccc(C(=O)N(CC(=O)O)c2ccccc2)cc1C. The lowest BCUT2D eigenvalue weighted by Crippen LogP contribution is -2.35. The van der Waals surface area contributed by atoms with Crippen LogP contribution in [0.15, 0.2) is 48.5 Å². The van der Waals surface area contributed by atoms with Gasteiger partial charge in [-0.15, -0.1) is 0 Å². The zero-order valence-electron chi connectivity index (χ0n) is 12.0. The largest absolute Gasteiger partial charge is 0.480 e. The van der Waals surface area contributed by atoms with Crippen LogP contribution in [0.3, 0.4) is 0 Å². The van der Waals surface area contributed by atoms with Crippen LogP contribution in [0.1, 0.15) is 21.5 Å². The van der Waals surface area contributed by atoms with Gasteiger partial charge in [0.1, 0.15) is 6.54 Å². The summed E-state index contributed by atoms with van der Waals surface area (Å²) in [5.74, 6) is -1.36. The van der Waals surface area contributed by atoms with Gasteiger partial charge in [0, 0.05) is 11.3 Å². The molecule has 0 aliphatic heterocycles. The van der Waals surface area contributed by atoms with E-state index < -0.39 is 5.97 Å². The maximum Gasteiger partial charge on any atom is 0.323 e. The van der Waals surface area contributed by atoms with Gasteiger partial charge in [0.25, 0.3) is 5.91 Å². The van der Waals surface area contributed by atoms with Crippen molar-refractivity contribution in [2.24, 2.45) is 0 Å². The van der Waals surface area contributed by atoms with Crippen molar-refractivity contribution in [3.05, 3.63) is 65.2 Å². The highest BCUT2D eigenvalue weighted by atomic mass is 16.4. The smallest absolute Gasteiger partial charge is 0.323 e. The maximum absolute atomic E-state index is 12.6. The summed E-state index contributed by atoms with van der Waals surface area (Å²) in [6, 6.07) is 14.2. The highest BCUT2D eigenvalue weighted by Gasteiger charge is 2.20. The van der Waals surface area contributed by atoms with E-state index in [2.05, 4.69) is 0 Å². The molecule has 0 spiro atoms. The third-order valence-corrected chi connectivity index (χ3v) is 3.36. The predicted octanol–water partition coefficient (Wildman–Crippen LogP) is 3.03. The molecular formula is C17H17NO3. The van der Waals surface area contributed by atoms with Gasteiger partial charge in [-0.2, -0.15) is 0 Å². The molecule has 2 aromatic carbocycles. The number of carbonyl (C=O) groups excluding carboxylic acids is 1. The van der Waals surface area contributed by atoms with Crippen molar-refractivity contribution in [2.45, 2.75) is 13.8 Å². The van der Waals surface area contributed by atoms with E-state index in [1.807, 2.05) is 26.0 Å². The number of carboxylic acid groups (broad SMARTS) is 1. The van der Waals surface area contributed by atoms with Crippen LogP contribution < -0.4 is 4.90 Å². The molecule has 0 aliphatic carbocycles. The number of aliphatic carboxylic acids is 1. The third kappa shape index (κ3) is 3.48. The van der Waals surface area contributed by atoms with Crippen LogP contribution in [0.2, 0.25) is 0 Å². The van der Waals surface area contributed by atoms with E-state index in [0.29, 0.717) is 11.3 Å². The van der Waals surface area contributed by atoms with Gasteiger partial charge >= 0.3 is 5.97 Å². The van der Waals surface area contributed by atoms with E-state index >= 15 is 0 Å². The Hall–Kier alpha value is -2.62. The fourth-order valence-corrected chi connectivity index (χ4v) is 2.05. The molecule has 0 unspecified atom stereocenters. The quantitative estimate of drug-likeness (QED) is 0.938. The minimum Gasteiger partial charge on any atom is -0.480 e. The first-order valence-corrected chi connectivity index (χ1v) is 6.65. The maximum atomic E-state index is 12.6. The zero-order valence-corrected chi connectivity index (χ0v) is 12.0. The second kappa shape index (κ2) is 6.22. The van der Waals surface area contributed by atoms with Gasteiger partial charge in [-0.05, 0) is 49.2 Å². The lowest BCUT2D eigenvalue weighted by molar-refractivity contribution is -0.135. The summed E-state index contributed by atoms with van der Waals surface area (Å²) >= 11 is 0. The van der Waals surface area contributed by atoms with E-state index in [9.17, 15) is 9.59 Å². The van der Waals surface area contributed by atoms with Crippen LogP contribution in [0.25, 0.3) is 0 Å². The van der Waals surface area contributed by atoms with Crippen LogP contribution in [0.4, 0.5) is 5.69 Å². The summed E-state index contributed by atoms with van der Waals surface area (Å²) in [7, 11) is 0. The molecule has 0 heterocycles. The number of hydrogen-bond acceptors (Lipinski definition) is 2. The molecule has 108 valence electrons. The van der Waals surface area contributed by atoms with Crippen molar-refractivity contribution >= 4 is 17.6 Å². The van der Waals surface area contributed by atoms with Crippen molar-refractivity contribution in [1.82, 2.24) is 0 Å². The summed E-state index contributed by atoms with van der Waals surface area (Å²) in [6.45, 7) is 3.53. The highest BCUT2D eigenvalue weighted by molar-refractivity contribution is 6.08. The van der Waals surface area contributed by atoms with Gasteiger partial charge < -0.3 is 5.11 Å².